The molecule has 0 unspecified atom stereocenters. The number of carbonyl (C=O) groups is 1. The van der Waals surface area contributed by atoms with E-state index in [2.05, 4.69) is 0 Å². The highest BCUT2D eigenvalue weighted by molar-refractivity contribution is 5.88. The lowest BCUT2D eigenvalue weighted by molar-refractivity contribution is -0.140. The molecular weight excluding hydrogens is 216 g/mol. The van der Waals surface area contributed by atoms with Gasteiger partial charge in [-0.25, -0.2) is 9.18 Å². The van der Waals surface area contributed by atoms with Crippen molar-refractivity contribution in [3.63, 3.8) is 0 Å². The van der Waals surface area contributed by atoms with Crippen LogP contribution in [0.2, 0.25) is 0 Å². The first kappa shape index (κ1) is 11.5. The molecular formula is C9H6F4O2. The van der Waals surface area contributed by atoms with Crippen LogP contribution < -0.4 is 0 Å². The summed E-state index contributed by atoms with van der Waals surface area (Å²) in [5.74, 6) is -3.46. The number of carboxylic acid groups (broad SMARTS) is 1. The summed E-state index contributed by atoms with van der Waals surface area (Å²) in [5, 5.41) is 8.44. The van der Waals surface area contributed by atoms with Crippen molar-refractivity contribution in [1.29, 1.82) is 0 Å². The maximum absolute atomic E-state index is 13.2. The first-order chi connectivity index (χ1) is 6.75. The maximum atomic E-state index is 13.2. The number of aryl methyl sites for hydroxylation is 1. The molecule has 0 saturated heterocycles. The van der Waals surface area contributed by atoms with Gasteiger partial charge in [0.15, 0.2) is 0 Å². The van der Waals surface area contributed by atoms with Gasteiger partial charge in [-0.1, -0.05) is 6.07 Å². The Balaban J connectivity index is 3.51. The van der Waals surface area contributed by atoms with Crippen LogP contribution >= 0.6 is 0 Å². The Morgan fingerprint density at radius 2 is 1.87 bits per heavy atom. The van der Waals surface area contributed by atoms with Crippen LogP contribution in [0.3, 0.4) is 0 Å². The lowest BCUT2D eigenvalue weighted by atomic mass is 10.0. The highest BCUT2D eigenvalue weighted by Crippen LogP contribution is 2.34. The summed E-state index contributed by atoms with van der Waals surface area (Å²) in [6, 6.07) is 1.73. The van der Waals surface area contributed by atoms with Gasteiger partial charge in [-0.15, -0.1) is 0 Å². The third kappa shape index (κ3) is 2.08. The zero-order chi connectivity index (χ0) is 11.8. The van der Waals surface area contributed by atoms with Crippen molar-refractivity contribution in [2.45, 2.75) is 13.1 Å². The van der Waals surface area contributed by atoms with Crippen LogP contribution in [0.5, 0.6) is 0 Å². The molecule has 1 aromatic carbocycles. The lowest BCUT2D eigenvalue weighted by Gasteiger charge is -2.12. The Hall–Kier alpha value is -1.59. The van der Waals surface area contributed by atoms with Crippen molar-refractivity contribution in [2.75, 3.05) is 0 Å². The van der Waals surface area contributed by atoms with Crippen molar-refractivity contribution >= 4 is 5.97 Å². The van der Waals surface area contributed by atoms with Crippen LogP contribution in [-0.2, 0) is 6.18 Å². The molecule has 15 heavy (non-hydrogen) atoms. The minimum atomic E-state index is -4.89. The quantitative estimate of drug-likeness (QED) is 0.742. The topological polar surface area (TPSA) is 37.3 Å². The van der Waals surface area contributed by atoms with Crippen molar-refractivity contribution < 1.29 is 27.5 Å². The second-order valence-electron chi connectivity index (χ2n) is 2.92. The number of benzene rings is 1. The molecule has 82 valence electrons. The molecule has 0 heterocycles. The van der Waals surface area contributed by atoms with Crippen LogP contribution in [0.1, 0.15) is 21.5 Å². The zero-order valence-corrected chi connectivity index (χ0v) is 7.52. The van der Waals surface area contributed by atoms with Gasteiger partial charge in [0.1, 0.15) is 5.82 Å². The van der Waals surface area contributed by atoms with Gasteiger partial charge in [-0.05, 0) is 18.6 Å². The van der Waals surface area contributed by atoms with Crippen molar-refractivity contribution in [3.05, 3.63) is 34.6 Å². The van der Waals surface area contributed by atoms with E-state index in [-0.39, 0.29) is 5.56 Å². The third-order valence-electron chi connectivity index (χ3n) is 1.86. The highest BCUT2D eigenvalue weighted by Gasteiger charge is 2.37. The molecule has 0 bridgehead atoms. The second kappa shape index (κ2) is 3.52. The largest absolute Gasteiger partial charge is 0.478 e. The van der Waals surface area contributed by atoms with E-state index in [0.29, 0.717) is 0 Å². The molecule has 0 amide bonds. The van der Waals surface area contributed by atoms with Gasteiger partial charge in [0, 0.05) is 0 Å². The van der Waals surface area contributed by atoms with E-state index < -0.39 is 29.1 Å². The molecule has 0 saturated carbocycles. The monoisotopic (exact) mass is 222 g/mol. The third-order valence-corrected chi connectivity index (χ3v) is 1.86. The molecule has 0 aliphatic heterocycles. The summed E-state index contributed by atoms with van der Waals surface area (Å²) in [5.41, 5.74) is -2.85. The first-order valence-electron chi connectivity index (χ1n) is 3.84. The first-order valence-corrected chi connectivity index (χ1v) is 3.84. The van der Waals surface area contributed by atoms with Gasteiger partial charge in [0.05, 0.1) is 11.1 Å². The highest BCUT2D eigenvalue weighted by atomic mass is 19.4. The van der Waals surface area contributed by atoms with Crippen LogP contribution in [0.4, 0.5) is 17.6 Å². The summed E-state index contributed by atoms with van der Waals surface area (Å²) in [6.07, 6.45) is -4.89. The van der Waals surface area contributed by atoms with E-state index in [1.807, 2.05) is 0 Å². The Morgan fingerprint density at radius 3 is 2.27 bits per heavy atom. The van der Waals surface area contributed by atoms with Gasteiger partial charge in [0.2, 0.25) is 0 Å². The molecule has 0 spiro atoms. The fourth-order valence-corrected chi connectivity index (χ4v) is 1.19. The Labute approximate surface area is 82.1 Å². The summed E-state index contributed by atoms with van der Waals surface area (Å²) in [7, 11) is 0. The number of alkyl halides is 3. The molecule has 0 fully saturated rings. The number of carboxylic acids is 1. The average Bonchev–Trinajstić information content (AvgIpc) is 2.00. The van der Waals surface area contributed by atoms with Crippen LogP contribution in [-0.4, -0.2) is 11.1 Å². The number of aromatic carboxylic acids is 1. The molecule has 0 aromatic heterocycles. The predicted octanol–water partition coefficient (Wildman–Crippen LogP) is 2.85. The Morgan fingerprint density at radius 1 is 1.33 bits per heavy atom. The van der Waals surface area contributed by atoms with Gasteiger partial charge < -0.3 is 5.11 Å². The van der Waals surface area contributed by atoms with Crippen LogP contribution in [0.15, 0.2) is 12.1 Å². The Kier molecular flexibility index (Phi) is 2.70. The van der Waals surface area contributed by atoms with Crippen molar-refractivity contribution in [2.24, 2.45) is 0 Å². The summed E-state index contributed by atoms with van der Waals surface area (Å²) < 4.78 is 50.1. The Bertz CT molecular complexity index is 409. The number of rotatable bonds is 1. The fourth-order valence-electron chi connectivity index (χ4n) is 1.19. The molecule has 1 N–H and O–H groups in total. The normalized spacial score (nSPS) is 11.5. The van der Waals surface area contributed by atoms with Gasteiger partial charge >= 0.3 is 12.1 Å². The predicted molar refractivity (Wildman–Crippen MR) is 43.1 cm³/mol. The second-order valence-corrected chi connectivity index (χ2v) is 2.92. The minimum absolute atomic E-state index is 0.343. The SMILES string of the molecule is Cc1ccc(C(=O)O)c(F)c1C(F)(F)F. The molecule has 0 radical (unpaired) electrons. The summed E-state index contributed by atoms with van der Waals surface area (Å²) >= 11 is 0. The van der Waals surface area contributed by atoms with E-state index in [1.165, 1.54) is 0 Å². The molecule has 1 aromatic rings. The molecule has 1 rings (SSSR count). The molecule has 2 nitrogen and oxygen atoms in total. The molecule has 0 aliphatic rings. The van der Waals surface area contributed by atoms with E-state index in [9.17, 15) is 22.4 Å². The number of halogens is 4. The standard InChI is InChI=1S/C9H6F4O2/c1-4-2-3-5(8(14)15)7(10)6(4)9(11,12)13/h2-3H,1H3,(H,14,15). The van der Waals surface area contributed by atoms with Crippen molar-refractivity contribution in [1.82, 2.24) is 0 Å². The summed E-state index contributed by atoms with van der Waals surface area (Å²) in [6.45, 7) is 1.07. The van der Waals surface area contributed by atoms with Crippen molar-refractivity contribution in [3.8, 4) is 0 Å². The zero-order valence-electron chi connectivity index (χ0n) is 7.52. The van der Waals surface area contributed by atoms with E-state index >= 15 is 0 Å². The van der Waals surface area contributed by atoms with Crippen LogP contribution in [0, 0.1) is 12.7 Å². The molecule has 0 aliphatic carbocycles. The van der Waals surface area contributed by atoms with E-state index in [0.717, 1.165) is 19.1 Å². The van der Waals surface area contributed by atoms with Gasteiger partial charge in [0.25, 0.3) is 0 Å². The van der Waals surface area contributed by atoms with Crippen LogP contribution in [0.25, 0.3) is 0 Å². The van der Waals surface area contributed by atoms with E-state index in [1.54, 1.807) is 0 Å². The number of hydrogen-bond donors (Lipinski definition) is 1. The maximum Gasteiger partial charge on any atom is 0.419 e. The smallest absolute Gasteiger partial charge is 0.419 e. The molecule has 0 atom stereocenters. The van der Waals surface area contributed by atoms with Gasteiger partial charge in [-0.3, -0.25) is 0 Å². The minimum Gasteiger partial charge on any atom is -0.478 e. The summed E-state index contributed by atoms with van der Waals surface area (Å²) in [4.78, 5) is 10.4. The van der Waals surface area contributed by atoms with E-state index in [4.69, 9.17) is 5.11 Å². The average molecular weight is 222 g/mol. The number of hydrogen-bond acceptors (Lipinski definition) is 1. The molecule has 6 heteroatoms. The van der Waals surface area contributed by atoms with Gasteiger partial charge in [-0.2, -0.15) is 13.2 Å². The fraction of sp³-hybridized carbons (Fsp3) is 0.222. The lowest BCUT2D eigenvalue weighted by Crippen LogP contribution is -2.14.